The number of anilines is 3. The number of fused-ring (bicyclic) bond motifs is 2. The highest BCUT2D eigenvalue weighted by atomic mass is 32.2. The second-order valence-corrected chi connectivity index (χ2v) is 9.65. The summed E-state index contributed by atoms with van der Waals surface area (Å²) in [7, 11) is 0. The first-order valence-electron chi connectivity index (χ1n) is 10.1. The van der Waals surface area contributed by atoms with Gasteiger partial charge in [0.2, 0.25) is 11.8 Å². The lowest BCUT2D eigenvalue weighted by Gasteiger charge is -2.32. The molecule has 2 N–H and O–H groups in total. The molecule has 3 aromatic rings. The molecule has 0 bridgehead atoms. The summed E-state index contributed by atoms with van der Waals surface area (Å²) >= 11 is 3.09. The summed E-state index contributed by atoms with van der Waals surface area (Å²) in [5.41, 5.74) is 2.30. The summed E-state index contributed by atoms with van der Waals surface area (Å²) < 4.78 is 0. The van der Waals surface area contributed by atoms with Crippen LogP contribution in [0.3, 0.4) is 0 Å². The lowest BCUT2D eigenvalue weighted by Crippen LogP contribution is -2.34. The van der Waals surface area contributed by atoms with Gasteiger partial charge in [-0.15, -0.1) is 11.8 Å². The van der Waals surface area contributed by atoms with E-state index in [1.54, 1.807) is 28.8 Å². The standard InChI is InChI=1S/C25H20N2O4S2/c1-16(32-18-12-10-17(11-13-18)26-23(28)14-15-24(29)30)25(31)27-19-6-2-4-8-21(19)33-22-9-5-3-7-20(22)27/h2-16H,1H3,(H,26,28)(H,29,30)/b15-14+. The van der Waals surface area contributed by atoms with Crippen molar-refractivity contribution in [3.8, 4) is 0 Å². The zero-order valence-corrected chi connectivity index (χ0v) is 19.2. The molecule has 1 aliphatic rings. The highest BCUT2D eigenvalue weighted by molar-refractivity contribution is 8.00. The van der Waals surface area contributed by atoms with E-state index in [4.69, 9.17) is 5.11 Å². The Hall–Kier alpha value is -3.49. The van der Waals surface area contributed by atoms with Crippen LogP contribution in [0, 0.1) is 0 Å². The minimum atomic E-state index is -1.19. The van der Waals surface area contributed by atoms with Gasteiger partial charge in [0.1, 0.15) is 0 Å². The maximum Gasteiger partial charge on any atom is 0.328 e. The molecule has 4 rings (SSSR count). The molecule has 2 amide bonds. The number of nitrogens with one attached hydrogen (secondary N) is 1. The monoisotopic (exact) mass is 476 g/mol. The van der Waals surface area contributed by atoms with Crippen molar-refractivity contribution in [2.24, 2.45) is 0 Å². The van der Waals surface area contributed by atoms with Crippen molar-refractivity contribution in [1.82, 2.24) is 0 Å². The summed E-state index contributed by atoms with van der Waals surface area (Å²) in [5.74, 6) is -1.73. The van der Waals surface area contributed by atoms with Gasteiger partial charge < -0.3 is 10.4 Å². The number of carbonyl (C=O) groups excluding carboxylic acids is 2. The number of rotatable bonds is 6. The predicted molar refractivity (Wildman–Crippen MR) is 131 cm³/mol. The zero-order chi connectivity index (χ0) is 23.4. The van der Waals surface area contributed by atoms with Crippen LogP contribution in [0.4, 0.5) is 17.1 Å². The fraction of sp³-hybridized carbons (Fsp3) is 0.0800. The van der Waals surface area contributed by atoms with E-state index in [0.29, 0.717) is 5.69 Å². The summed E-state index contributed by atoms with van der Waals surface area (Å²) in [6.45, 7) is 1.88. The number of aliphatic carboxylic acids is 1. The number of nitrogens with zero attached hydrogens (tertiary/aromatic N) is 1. The molecular weight excluding hydrogens is 456 g/mol. The van der Waals surface area contributed by atoms with Crippen LogP contribution in [0.1, 0.15) is 6.92 Å². The highest BCUT2D eigenvalue weighted by Crippen LogP contribution is 2.48. The Kier molecular flexibility index (Phi) is 6.86. The van der Waals surface area contributed by atoms with Gasteiger partial charge in [0.15, 0.2) is 0 Å². The van der Waals surface area contributed by atoms with Gasteiger partial charge in [-0.1, -0.05) is 36.0 Å². The van der Waals surface area contributed by atoms with Crippen molar-refractivity contribution in [2.45, 2.75) is 26.9 Å². The Bertz CT molecular complexity index is 1200. The number of hydrogen-bond donors (Lipinski definition) is 2. The van der Waals surface area contributed by atoms with Crippen LogP contribution in [-0.4, -0.2) is 28.1 Å². The predicted octanol–water partition coefficient (Wildman–Crippen LogP) is 5.58. The smallest absolute Gasteiger partial charge is 0.328 e. The van der Waals surface area contributed by atoms with E-state index in [2.05, 4.69) is 5.32 Å². The number of carbonyl (C=O) groups is 3. The molecule has 6 nitrogen and oxygen atoms in total. The Labute approximate surface area is 199 Å². The molecule has 0 fully saturated rings. The topological polar surface area (TPSA) is 86.7 Å². The van der Waals surface area contributed by atoms with E-state index in [9.17, 15) is 14.4 Å². The first-order valence-corrected chi connectivity index (χ1v) is 11.8. The number of benzene rings is 3. The van der Waals surface area contributed by atoms with Gasteiger partial charge in [-0.3, -0.25) is 14.5 Å². The molecule has 0 saturated carbocycles. The van der Waals surface area contributed by atoms with Crippen LogP contribution in [0.25, 0.3) is 0 Å². The number of hydrogen-bond acceptors (Lipinski definition) is 5. The summed E-state index contributed by atoms with van der Waals surface area (Å²) in [6, 6.07) is 22.8. The summed E-state index contributed by atoms with van der Waals surface area (Å²) in [5, 5.41) is 10.8. The van der Waals surface area contributed by atoms with Crippen LogP contribution >= 0.6 is 23.5 Å². The van der Waals surface area contributed by atoms with Crippen molar-refractivity contribution in [3.63, 3.8) is 0 Å². The van der Waals surface area contributed by atoms with Gasteiger partial charge in [0.25, 0.3) is 0 Å². The molecule has 0 aromatic heterocycles. The molecule has 33 heavy (non-hydrogen) atoms. The summed E-state index contributed by atoms with van der Waals surface area (Å²) in [4.78, 5) is 40.5. The third kappa shape index (κ3) is 5.30. The van der Waals surface area contributed by atoms with Crippen LogP contribution in [0.2, 0.25) is 0 Å². The minimum Gasteiger partial charge on any atom is -0.478 e. The lowest BCUT2D eigenvalue weighted by molar-refractivity contribution is -0.131. The zero-order valence-electron chi connectivity index (χ0n) is 17.6. The van der Waals surface area contributed by atoms with E-state index < -0.39 is 11.9 Å². The minimum absolute atomic E-state index is 0.0172. The third-order valence-corrected chi connectivity index (χ3v) is 7.04. The van der Waals surface area contributed by atoms with Crippen molar-refractivity contribution in [1.29, 1.82) is 0 Å². The first kappa shape index (κ1) is 22.7. The SMILES string of the molecule is CC(Sc1ccc(NC(=O)/C=C/C(=O)O)cc1)C(=O)N1c2ccccc2Sc2ccccc21. The van der Waals surface area contributed by atoms with Crippen molar-refractivity contribution in [2.75, 3.05) is 10.2 Å². The van der Waals surface area contributed by atoms with Crippen molar-refractivity contribution < 1.29 is 19.5 Å². The first-order chi connectivity index (χ1) is 15.9. The van der Waals surface area contributed by atoms with Gasteiger partial charge in [0, 0.05) is 32.5 Å². The molecule has 1 unspecified atom stereocenters. The normalized spacial score (nSPS) is 13.2. The van der Waals surface area contributed by atoms with Crippen LogP contribution in [0.15, 0.2) is 99.6 Å². The number of carboxylic acid groups (broad SMARTS) is 1. The molecule has 1 heterocycles. The van der Waals surface area contributed by atoms with Crippen LogP contribution in [0.5, 0.6) is 0 Å². The molecule has 1 atom stereocenters. The van der Waals surface area contributed by atoms with E-state index in [-0.39, 0.29) is 11.2 Å². The Morgan fingerprint density at radius 2 is 1.48 bits per heavy atom. The van der Waals surface area contributed by atoms with Gasteiger partial charge in [0.05, 0.1) is 16.6 Å². The quantitative estimate of drug-likeness (QED) is 0.357. The fourth-order valence-corrected chi connectivity index (χ4v) is 5.29. The van der Waals surface area contributed by atoms with E-state index >= 15 is 0 Å². The molecule has 3 aromatic carbocycles. The van der Waals surface area contributed by atoms with Crippen molar-refractivity contribution >= 4 is 58.4 Å². The van der Waals surface area contributed by atoms with E-state index in [1.165, 1.54) is 11.8 Å². The van der Waals surface area contributed by atoms with Gasteiger partial charge >= 0.3 is 5.97 Å². The molecule has 0 radical (unpaired) electrons. The van der Waals surface area contributed by atoms with E-state index in [0.717, 1.165) is 38.2 Å². The molecule has 166 valence electrons. The molecule has 8 heteroatoms. The second kappa shape index (κ2) is 9.97. The van der Waals surface area contributed by atoms with E-state index in [1.807, 2.05) is 67.6 Å². The Balaban J connectivity index is 1.49. The highest BCUT2D eigenvalue weighted by Gasteiger charge is 2.31. The number of carboxylic acids is 1. The summed E-state index contributed by atoms with van der Waals surface area (Å²) in [6.07, 6.45) is 1.74. The average molecular weight is 477 g/mol. The number of thioether (sulfide) groups is 1. The third-order valence-electron chi connectivity index (χ3n) is 4.81. The molecule has 0 saturated heterocycles. The Morgan fingerprint density at radius 3 is 2.06 bits per heavy atom. The average Bonchev–Trinajstić information content (AvgIpc) is 2.82. The largest absolute Gasteiger partial charge is 0.478 e. The maximum atomic E-state index is 13.6. The van der Waals surface area contributed by atoms with Gasteiger partial charge in [-0.2, -0.15) is 0 Å². The molecule has 0 aliphatic carbocycles. The molecule has 0 spiro atoms. The lowest BCUT2D eigenvalue weighted by atomic mass is 10.2. The Morgan fingerprint density at radius 1 is 0.909 bits per heavy atom. The van der Waals surface area contributed by atoms with Crippen LogP contribution < -0.4 is 10.2 Å². The number of para-hydroxylation sites is 2. The van der Waals surface area contributed by atoms with Crippen molar-refractivity contribution in [3.05, 3.63) is 84.9 Å². The van der Waals surface area contributed by atoms with Crippen LogP contribution in [-0.2, 0) is 14.4 Å². The number of amides is 2. The van der Waals surface area contributed by atoms with Gasteiger partial charge in [-0.25, -0.2) is 4.79 Å². The molecular formula is C25H20N2O4S2. The second-order valence-electron chi connectivity index (χ2n) is 7.16. The maximum absolute atomic E-state index is 13.6. The fourth-order valence-electron chi connectivity index (χ4n) is 3.33. The molecule has 1 aliphatic heterocycles. The van der Waals surface area contributed by atoms with Gasteiger partial charge in [-0.05, 0) is 55.5 Å².